The summed E-state index contributed by atoms with van der Waals surface area (Å²) in [6, 6.07) is 13.3. The fourth-order valence-corrected chi connectivity index (χ4v) is 3.36. The van der Waals surface area contributed by atoms with Crippen molar-refractivity contribution in [3.8, 4) is 0 Å². The van der Waals surface area contributed by atoms with Gasteiger partial charge in [0.05, 0.1) is 5.75 Å². The molecule has 0 saturated heterocycles. The lowest BCUT2D eigenvalue weighted by Crippen LogP contribution is -2.20. The zero-order chi connectivity index (χ0) is 14.3. The van der Waals surface area contributed by atoms with Crippen molar-refractivity contribution in [2.24, 2.45) is 5.73 Å². The molecular formula is C15H16N2O2S. The minimum Gasteiger partial charge on any atom is -0.355 e. The summed E-state index contributed by atoms with van der Waals surface area (Å²) in [4.78, 5) is 3.33. The first-order valence-corrected chi connectivity index (χ1v) is 8.44. The van der Waals surface area contributed by atoms with Gasteiger partial charge < -0.3 is 10.7 Å². The number of aromatic amines is 1. The van der Waals surface area contributed by atoms with Gasteiger partial charge in [0, 0.05) is 34.1 Å². The molecule has 20 heavy (non-hydrogen) atoms. The number of hydrogen-bond donors (Lipinski definition) is 2. The number of sulfone groups is 1. The van der Waals surface area contributed by atoms with Gasteiger partial charge in [-0.2, -0.15) is 0 Å². The number of H-pyrrole nitrogens is 1. The third-order valence-corrected chi connectivity index (χ3v) is 4.41. The Labute approximate surface area is 117 Å². The Hall–Kier alpha value is -1.85. The first-order chi connectivity index (χ1) is 9.44. The van der Waals surface area contributed by atoms with Crippen molar-refractivity contribution in [2.75, 3.05) is 12.0 Å². The van der Waals surface area contributed by atoms with E-state index in [4.69, 9.17) is 5.73 Å². The average Bonchev–Trinajstić information content (AvgIpc) is 2.74. The molecule has 0 fully saturated rings. The molecule has 1 aromatic heterocycles. The van der Waals surface area contributed by atoms with E-state index in [0.717, 1.165) is 27.4 Å². The minimum atomic E-state index is -3.09. The fraction of sp³-hybridized carbons (Fsp3) is 0.200. The molecule has 0 saturated carbocycles. The van der Waals surface area contributed by atoms with Crippen molar-refractivity contribution in [1.82, 2.24) is 4.98 Å². The third kappa shape index (κ3) is 2.42. The molecule has 0 spiro atoms. The van der Waals surface area contributed by atoms with E-state index in [1.807, 2.05) is 42.5 Å². The van der Waals surface area contributed by atoms with E-state index < -0.39 is 15.9 Å². The molecule has 3 N–H and O–H groups in total. The Bertz CT molecular complexity index is 881. The van der Waals surface area contributed by atoms with Crippen LogP contribution in [0.5, 0.6) is 0 Å². The molecule has 3 rings (SSSR count). The summed E-state index contributed by atoms with van der Waals surface area (Å²) >= 11 is 0. The van der Waals surface area contributed by atoms with E-state index in [9.17, 15) is 8.42 Å². The van der Waals surface area contributed by atoms with Gasteiger partial charge in [-0.15, -0.1) is 0 Å². The monoisotopic (exact) mass is 288 g/mol. The topological polar surface area (TPSA) is 75.9 Å². The summed E-state index contributed by atoms with van der Waals surface area (Å²) in [5.41, 5.74) is 8.93. The molecule has 0 aliphatic carbocycles. The van der Waals surface area contributed by atoms with E-state index in [0.29, 0.717) is 0 Å². The highest BCUT2D eigenvalue weighted by molar-refractivity contribution is 7.90. The average molecular weight is 288 g/mol. The van der Waals surface area contributed by atoms with Crippen LogP contribution >= 0.6 is 0 Å². The molecule has 104 valence electrons. The molecular weight excluding hydrogens is 272 g/mol. The third-order valence-electron chi connectivity index (χ3n) is 3.44. The maximum Gasteiger partial charge on any atom is 0.149 e. The van der Waals surface area contributed by atoms with Gasteiger partial charge in [0.1, 0.15) is 9.84 Å². The van der Waals surface area contributed by atoms with Crippen molar-refractivity contribution in [3.05, 3.63) is 48.0 Å². The number of fused-ring (bicyclic) bond motifs is 3. The van der Waals surface area contributed by atoms with Crippen LogP contribution in [0.25, 0.3) is 21.8 Å². The highest BCUT2D eigenvalue weighted by Crippen LogP contribution is 2.27. The van der Waals surface area contributed by atoms with Gasteiger partial charge in [0.25, 0.3) is 0 Å². The van der Waals surface area contributed by atoms with Crippen LogP contribution in [0.3, 0.4) is 0 Å². The van der Waals surface area contributed by atoms with Crippen molar-refractivity contribution >= 4 is 31.6 Å². The SMILES string of the molecule is CS(=O)(=O)CC(N)c1ccc2[nH]c3ccccc3c2c1. The van der Waals surface area contributed by atoms with Crippen LogP contribution in [0.4, 0.5) is 0 Å². The van der Waals surface area contributed by atoms with E-state index in [1.165, 1.54) is 6.26 Å². The second-order valence-corrected chi connectivity index (χ2v) is 7.36. The number of hydrogen-bond acceptors (Lipinski definition) is 3. The molecule has 0 aliphatic heterocycles. The highest BCUT2D eigenvalue weighted by Gasteiger charge is 2.14. The second-order valence-electron chi connectivity index (χ2n) is 5.17. The van der Waals surface area contributed by atoms with E-state index in [-0.39, 0.29) is 5.75 Å². The number of rotatable bonds is 3. The van der Waals surface area contributed by atoms with Gasteiger partial charge in [-0.1, -0.05) is 24.3 Å². The Balaban J connectivity index is 2.12. The Kier molecular flexibility index (Phi) is 3.03. The number of benzene rings is 2. The van der Waals surface area contributed by atoms with Gasteiger partial charge in [-0.25, -0.2) is 8.42 Å². The van der Waals surface area contributed by atoms with Crippen LogP contribution in [-0.2, 0) is 9.84 Å². The standard InChI is InChI=1S/C15H16N2O2S/c1-20(18,19)9-13(16)10-6-7-15-12(8-10)11-4-2-3-5-14(11)17-15/h2-8,13,17H,9,16H2,1H3. The molecule has 1 heterocycles. The summed E-state index contributed by atoms with van der Waals surface area (Å²) in [5.74, 6) is -0.0408. The smallest absolute Gasteiger partial charge is 0.149 e. The highest BCUT2D eigenvalue weighted by atomic mass is 32.2. The normalized spacial score (nSPS) is 13.9. The summed E-state index contributed by atoms with van der Waals surface area (Å²) < 4.78 is 22.7. The number of aromatic nitrogens is 1. The quantitative estimate of drug-likeness (QED) is 0.777. The Morgan fingerprint density at radius 1 is 1.10 bits per heavy atom. The van der Waals surface area contributed by atoms with Crippen molar-refractivity contribution < 1.29 is 8.42 Å². The van der Waals surface area contributed by atoms with Crippen LogP contribution in [0, 0.1) is 0 Å². The second kappa shape index (κ2) is 4.61. The molecule has 0 bridgehead atoms. The summed E-state index contributed by atoms with van der Waals surface area (Å²) in [7, 11) is -3.09. The van der Waals surface area contributed by atoms with Gasteiger partial charge in [0.2, 0.25) is 0 Å². The van der Waals surface area contributed by atoms with Gasteiger partial charge in [0.15, 0.2) is 0 Å². The molecule has 2 aromatic carbocycles. The summed E-state index contributed by atoms with van der Waals surface area (Å²) in [6.07, 6.45) is 1.21. The molecule has 3 aromatic rings. The van der Waals surface area contributed by atoms with E-state index >= 15 is 0 Å². The van der Waals surface area contributed by atoms with Gasteiger partial charge >= 0.3 is 0 Å². The predicted octanol–water partition coefficient (Wildman–Crippen LogP) is 2.37. The van der Waals surface area contributed by atoms with Crippen LogP contribution in [0.15, 0.2) is 42.5 Å². The molecule has 0 aliphatic rings. The van der Waals surface area contributed by atoms with Gasteiger partial charge in [-0.3, -0.25) is 0 Å². The summed E-state index contributed by atoms with van der Waals surface area (Å²) in [5, 5.41) is 2.19. The molecule has 5 heteroatoms. The lowest BCUT2D eigenvalue weighted by molar-refractivity contribution is 0.595. The van der Waals surface area contributed by atoms with E-state index in [1.54, 1.807) is 0 Å². The van der Waals surface area contributed by atoms with Gasteiger partial charge in [-0.05, 0) is 23.8 Å². The van der Waals surface area contributed by atoms with Crippen molar-refractivity contribution in [1.29, 1.82) is 0 Å². The molecule has 1 unspecified atom stereocenters. The number of nitrogens with one attached hydrogen (secondary N) is 1. The zero-order valence-corrected chi connectivity index (χ0v) is 11.9. The molecule has 0 radical (unpaired) electrons. The fourth-order valence-electron chi connectivity index (χ4n) is 2.52. The van der Waals surface area contributed by atoms with Crippen LogP contribution < -0.4 is 5.73 Å². The number of nitrogens with two attached hydrogens (primary N) is 1. The molecule has 0 amide bonds. The Morgan fingerprint density at radius 2 is 1.80 bits per heavy atom. The van der Waals surface area contributed by atoms with Crippen LogP contribution in [0.1, 0.15) is 11.6 Å². The Morgan fingerprint density at radius 3 is 2.55 bits per heavy atom. The lowest BCUT2D eigenvalue weighted by atomic mass is 10.1. The first-order valence-electron chi connectivity index (χ1n) is 6.38. The number of para-hydroxylation sites is 1. The summed E-state index contributed by atoms with van der Waals surface area (Å²) in [6.45, 7) is 0. The van der Waals surface area contributed by atoms with Crippen LogP contribution in [0.2, 0.25) is 0 Å². The van der Waals surface area contributed by atoms with Crippen molar-refractivity contribution in [2.45, 2.75) is 6.04 Å². The first kappa shape index (κ1) is 13.1. The largest absolute Gasteiger partial charge is 0.355 e. The maximum atomic E-state index is 11.4. The maximum absolute atomic E-state index is 11.4. The molecule has 1 atom stereocenters. The van der Waals surface area contributed by atoms with E-state index in [2.05, 4.69) is 4.98 Å². The predicted molar refractivity (Wildman–Crippen MR) is 82.4 cm³/mol. The van der Waals surface area contributed by atoms with Crippen LogP contribution in [-0.4, -0.2) is 25.4 Å². The zero-order valence-electron chi connectivity index (χ0n) is 11.1. The van der Waals surface area contributed by atoms with Crippen molar-refractivity contribution in [3.63, 3.8) is 0 Å². The lowest BCUT2D eigenvalue weighted by Gasteiger charge is -2.10. The molecule has 4 nitrogen and oxygen atoms in total. The minimum absolute atomic E-state index is 0.0408.